The third-order valence-corrected chi connectivity index (χ3v) is 2.21. The third-order valence-electron chi connectivity index (χ3n) is 2.21. The van der Waals surface area contributed by atoms with Crippen molar-refractivity contribution in [2.45, 2.75) is 26.1 Å². The standard InChI is InChI=1S/C12H13F2NO4/c1-7(11(15)17)18-10(16)6-8-2-4-9(5-3-8)19-12(13)14/h2-5,7,12H,6H2,1H3,(H2,15,17)/t7-/m0/s1. The van der Waals surface area contributed by atoms with Gasteiger partial charge in [-0.15, -0.1) is 0 Å². The van der Waals surface area contributed by atoms with Crippen molar-refractivity contribution in [3.63, 3.8) is 0 Å². The Labute approximate surface area is 108 Å². The molecule has 0 saturated heterocycles. The van der Waals surface area contributed by atoms with E-state index >= 15 is 0 Å². The summed E-state index contributed by atoms with van der Waals surface area (Å²) in [6.07, 6.45) is -1.10. The third kappa shape index (κ3) is 5.33. The smallest absolute Gasteiger partial charge is 0.387 e. The number of hydrogen-bond donors (Lipinski definition) is 1. The topological polar surface area (TPSA) is 78.6 Å². The molecular weight excluding hydrogens is 260 g/mol. The highest BCUT2D eigenvalue weighted by Gasteiger charge is 2.14. The fourth-order valence-electron chi connectivity index (χ4n) is 1.25. The van der Waals surface area contributed by atoms with Gasteiger partial charge in [-0.1, -0.05) is 12.1 Å². The molecule has 0 fully saturated rings. The molecule has 0 bridgehead atoms. The van der Waals surface area contributed by atoms with Crippen LogP contribution >= 0.6 is 0 Å². The van der Waals surface area contributed by atoms with Gasteiger partial charge in [0.1, 0.15) is 5.75 Å². The van der Waals surface area contributed by atoms with Gasteiger partial charge in [-0.25, -0.2) is 0 Å². The van der Waals surface area contributed by atoms with E-state index in [4.69, 9.17) is 10.5 Å². The van der Waals surface area contributed by atoms with Crippen molar-refractivity contribution in [1.82, 2.24) is 0 Å². The fourth-order valence-corrected chi connectivity index (χ4v) is 1.25. The van der Waals surface area contributed by atoms with E-state index in [0.717, 1.165) is 0 Å². The molecule has 0 aliphatic carbocycles. The van der Waals surface area contributed by atoms with Crippen molar-refractivity contribution in [1.29, 1.82) is 0 Å². The number of halogens is 2. The Morgan fingerprint density at radius 1 is 1.26 bits per heavy atom. The summed E-state index contributed by atoms with van der Waals surface area (Å²) in [5.74, 6) is -1.37. The van der Waals surface area contributed by atoms with Gasteiger partial charge in [-0.3, -0.25) is 9.59 Å². The summed E-state index contributed by atoms with van der Waals surface area (Å²) in [5, 5.41) is 0. The van der Waals surface area contributed by atoms with Gasteiger partial charge in [-0.2, -0.15) is 8.78 Å². The highest BCUT2D eigenvalue weighted by Crippen LogP contribution is 2.15. The Morgan fingerprint density at radius 3 is 2.32 bits per heavy atom. The van der Waals surface area contributed by atoms with Crippen LogP contribution in [0.2, 0.25) is 0 Å². The van der Waals surface area contributed by atoms with E-state index in [-0.39, 0.29) is 12.2 Å². The van der Waals surface area contributed by atoms with E-state index < -0.39 is 24.6 Å². The molecule has 0 radical (unpaired) electrons. The number of carbonyl (C=O) groups is 2. The number of alkyl halides is 2. The van der Waals surface area contributed by atoms with Crippen molar-refractivity contribution in [2.24, 2.45) is 5.73 Å². The average Bonchev–Trinajstić information content (AvgIpc) is 2.30. The molecule has 0 aromatic heterocycles. The Morgan fingerprint density at radius 2 is 1.84 bits per heavy atom. The Balaban J connectivity index is 2.53. The Kier molecular flexibility index (Phi) is 5.23. The van der Waals surface area contributed by atoms with Gasteiger partial charge in [0.05, 0.1) is 6.42 Å². The van der Waals surface area contributed by atoms with Crippen molar-refractivity contribution < 1.29 is 27.8 Å². The molecule has 1 aromatic carbocycles. The molecule has 104 valence electrons. The van der Waals surface area contributed by atoms with Crippen molar-refractivity contribution >= 4 is 11.9 Å². The molecule has 19 heavy (non-hydrogen) atoms. The molecule has 7 heteroatoms. The SMILES string of the molecule is C[C@H](OC(=O)Cc1ccc(OC(F)F)cc1)C(N)=O. The molecule has 1 atom stereocenters. The summed E-state index contributed by atoms with van der Waals surface area (Å²) in [7, 11) is 0. The van der Waals surface area contributed by atoms with Crippen LogP contribution in [0.3, 0.4) is 0 Å². The lowest BCUT2D eigenvalue weighted by Gasteiger charge is -2.10. The summed E-state index contributed by atoms with van der Waals surface area (Å²) in [6.45, 7) is -1.54. The lowest BCUT2D eigenvalue weighted by molar-refractivity contribution is -0.153. The minimum absolute atomic E-state index is 0.00220. The number of nitrogens with two attached hydrogens (primary N) is 1. The summed E-state index contributed by atoms with van der Waals surface area (Å²) in [5.41, 5.74) is 5.48. The molecule has 0 unspecified atom stereocenters. The first-order valence-corrected chi connectivity index (χ1v) is 5.41. The van der Waals surface area contributed by atoms with Gasteiger partial charge in [0.15, 0.2) is 6.10 Å². The van der Waals surface area contributed by atoms with E-state index in [2.05, 4.69) is 4.74 Å². The lowest BCUT2D eigenvalue weighted by atomic mass is 10.1. The van der Waals surface area contributed by atoms with Gasteiger partial charge in [0.2, 0.25) is 0 Å². The first-order valence-electron chi connectivity index (χ1n) is 5.41. The molecular formula is C12H13F2NO4. The van der Waals surface area contributed by atoms with Gasteiger partial charge in [-0.05, 0) is 24.6 Å². The van der Waals surface area contributed by atoms with E-state index in [1.807, 2.05) is 0 Å². The zero-order valence-corrected chi connectivity index (χ0v) is 10.1. The molecule has 1 aromatic rings. The number of amides is 1. The van der Waals surface area contributed by atoms with Crippen LogP contribution in [0.25, 0.3) is 0 Å². The van der Waals surface area contributed by atoms with Crippen LogP contribution in [-0.4, -0.2) is 24.6 Å². The second kappa shape index (κ2) is 6.67. The molecule has 0 spiro atoms. The molecule has 0 aliphatic heterocycles. The monoisotopic (exact) mass is 273 g/mol. The molecule has 1 rings (SSSR count). The van der Waals surface area contributed by atoms with Crippen molar-refractivity contribution in [3.05, 3.63) is 29.8 Å². The summed E-state index contributed by atoms with van der Waals surface area (Å²) in [4.78, 5) is 22.1. The predicted molar refractivity (Wildman–Crippen MR) is 61.5 cm³/mol. The van der Waals surface area contributed by atoms with Crippen molar-refractivity contribution in [2.75, 3.05) is 0 Å². The van der Waals surface area contributed by atoms with Crippen LogP contribution in [-0.2, 0) is 20.7 Å². The van der Waals surface area contributed by atoms with E-state index in [1.54, 1.807) is 0 Å². The minimum Gasteiger partial charge on any atom is -0.452 e. The van der Waals surface area contributed by atoms with Crippen LogP contribution < -0.4 is 10.5 Å². The van der Waals surface area contributed by atoms with Crippen LogP contribution in [0.1, 0.15) is 12.5 Å². The molecule has 0 saturated carbocycles. The Bertz CT molecular complexity index is 448. The van der Waals surface area contributed by atoms with Crippen LogP contribution in [0, 0.1) is 0 Å². The number of esters is 1. The minimum atomic E-state index is -2.90. The highest BCUT2D eigenvalue weighted by molar-refractivity contribution is 5.82. The van der Waals surface area contributed by atoms with Crippen LogP contribution in [0.15, 0.2) is 24.3 Å². The molecule has 0 aliphatic rings. The average molecular weight is 273 g/mol. The first kappa shape index (κ1) is 14.9. The van der Waals surface area contributed by atoms with Gasteiger partial charge < -0.3 is 15.2 Å². The van der Waals surface area contributed by atoms with Gasteiger partial charge in [0.25, 0.3) is 5.91 Å². The number of rotatable bonds is 6. The second-order valence-corrected chi connectivity index (χ2v) is 3.73. The zero-order chi connectivity index (χ0) is 14.4. The first-order chi connectivity index (χ1) is 8.88. The number of primary amides is 1. The van der Waals surface area contributed by atoms with Gasteiger partial charge >= 0.3 is 12.6 Å². The molecule has 1 amide bonds. The summed E-state index contributed by atoms with van der Waals surface area (Å²) in [6, 6.07) is 5.53. The maximum absolute atomic E-state index is 11.9. The largest absolute Gasteiger partial charge is 0.452 e. The summed E-state index contributed by atoms with van der Waals surface area (Å²) >= 11 is 0. The predicted octanol–water partition coefficient (Wildman–Crippen LogP) is 1.25. The maximum atomic E-state index is 11.9. The molecule has 2 N–H and O–H groups in total. The Hall–Kier alpha value is -2.18. The number of ether oxygens (including phenoxy) is 2. The normalized spacial score (nSPS) is 12.0. The lowest BCUT2D eigenvalue weighted by Crippen LogP contribution is -2.30. The van der Waals surface area contributed by atoms with Crippen LogP contribution in [0.4, 0.5) is 8.78 Å². The van der Waals surface area contributed by atoms with Crippen LogP contribution in [0.5, 0.6) is 5.75 Å². The quantitative estimate of drug-likeness (QED) is 0.791. The second-order valence-electron chi connectivity index (χ2n) is 3.73. The maximum Gasteiger partial charge on any atom is 0.387 e. The number of benzene rings is 1. The summed E-state index contributed by atoms with van der Waals surface area (Å²) < 4.78 is 32.7. The molecule has 5 nitrogen and oxygen atoms in total. The zero-order valence-electron chi connectivity index (χ0n) is 10.1. The van der Waals surface area contributed by atoms with E-state index in [1.165, 1.54) is 31.2 Å². The fraction of sp³-hybridized carbons (Fsp3) is 0.333. The van der Waals surface area contributed by atoms with E-state index in [9.17, 15) is 18.4 Å². The van der Waals surface area contributed by atoms with E-state index in [0.29, 0.717) is 5.56 Å². The highest BCUT2D eigenvalue weighted by atomic mass is 19.3. The van der Waals surface area contributed by atoms with Crippen molar-refractivity contribution in [3.8, 4) is 5.75 Å². The number of carbonyl (C=O) groups excluding carboxylic acids is 2. The molecule has 0 heterocycles. The van der Waals surface area contributed by atoms with Gasteiger partial charge in [0, 0.05) is 0 Å². The number of hydrogen-bond acceptors (Lipinski definition) is 4.